The van der Waals surface area contributed by atoms with E-state index in [4.69, 9.17) is 0 Å². The SMILES string of the molecule is CNC(CCCC(C)C)c1cc(C)ccc1F. The molecule has 1 N–H and O–H groups in total. The molecule has 0 aliphatic heterocycles. The van der Waals surface area contributed by atoms with Gasteiger partial charge in [-0.25, -0.2) is 4.39 Å². The molecule has 0 radical (unpaired) electrons. The molecule has 1 aromatic carbocycles. The van der Waals surface area contributed by atoms with Gasteiger partial charge in [0.15, 0.2) is 0 Å². The van der Waals surface area contributed by atoms with E-state index in [1.807, 2.05) is 26.1 Å². The first-order valence-electron chi connectivity index (χ1n) is 6.48. The molecule has 2 heteroatoms. The van der Waals surface area contributed by atoms with E-state index in [2.05, 4.69) is 19.2 Å². The van der Waals surface area contributed by atoms with E-state index in [1.165, 1.54) is 6.42 Å². The zero-order valence-electron chi connectivity index (χ0n) is 11.4. The van der Waals surface area contributed by atoms with Crippen LogP contribution < -0.4 is 5.32 Å². The van der Waals surface area contributed by atoms with Crippen LogP contribution in [-0.2, 0) is 0 Å². The smallest absolute Gasteiger partial charge is 0.127 e. The summed E-state index contributed by atoms with van der Waals surface area (Å²) in [5, 5.41) is 3.22. The first-order valence-corrected chi connectivity index (χ1v) is 6.48. The summed E-state index contributed by atoms with van der Waals surface area (Å²) in [4.78, 5) is 0. The molecule has 0 spiro atoms. The van der Waals surface area contributed by atoms with E-state index < -0.39 is 0 Å². The molecule has 96 valence electrons. The Labute approximate surface area is 104 Å². The Morgan fingerprint density at radius 3 is 2.53 bits per heavy atom. The van der Waals surface area contributed by atoms with Gasteiger partial charge in [-0.1, -0.05) is 44.4 Å². The highest BCUT2D eigenvalue weighted by Gasteiger charge is 2.13. The zero-order valence-corrected chi connectivity index (χ0v) is 11.4. The molecular formula is C15H24FN. The Kier molecular flexibility index (Phi) is 5.63. The molecule has 0 aliphatic carbocycles. The van der Waals surface area contributed by atoms with Crippen LogP contribution in [0.4, 0.5) is 4.39 Å². The standard InChI is InChI=1S/C15H24FN/c1-11(2)6-5-7-15(17-4)13-10-12(3)8-9-14(13)16/h8-11,15,17H,5-7H2,1-4H3. The van der Waals surface area contributed by atoms with Gasteiger partial charge in [-0.15, -0.1) is 0 Å². The molecule has 0 heterocycles. The van der Waals surface area contributed by atoms with E-state index in [9.17, 15) is 4.39 Å². The second kappa shape index (κ2) is 6.75. The fraction of sp³-hybridized carbons (Fsp3) is 0.600. The van der Waals surface area contributed by atoms with Crippen LogP contribution in [-0.4, -0.2) is 7.05 Å². The van der Waals surface area contributed by atoms with Gasteiger partial charge < -0.3 is 5.32 Å². The predicted molar refractivity (Wildman–Crippen MR) is 71.6 cm³/mol. The Balaban J connectivity index is 2.68. The number of halogens is 1. The fourth-order valence-corrected chi connectivity index (χ4v) is 2.12. The van der Waals surface area contributed by atoms with Crippen molar-refractivity contribution in [3.8, 4) is 0 Å². The van der Waals surface area contributed by atoms with Gasteiger partial charge in [0.2, 0.25) is 0 Å². The van der Waals surface area contributed by atoms with Crippen LogP contribution in [0.3, 0.4) is 0 Å². The van der Waals surface area contributed by atoms with Crippen molar-refractivity contribution in [2.24, 2.45) is 5.92 Å². The molecule has 0 aliphatic rings. The van der Waals surface area contributed by atoms with Gasteiger partial charge in [0.25, 0.3) is 0 Å². The third-order valence-corrected chi connectivity index (χ3v) is 3.15. The summed E-state index contributed by atoms with van der Waals surface area (Å²) < 4.78 is 13.8. The van der Waals surface area contributed by atoms with Crippen LogP contribution in [0.25, 0.3) is 0 Å². The van der Waals surface area contributed by atoms with Crippen LogP contribution in [0.1, 0.15) is 50.3 Å². The molecule has 0 fully saturated rings. The second-order valence-electron chi connectivity index (χ2n) is 5.19. The molecule has 1 rings (SSSR count). The molecule has 0 amide bonds. The molecule has 0 saturated heterocycles. The third kappa shape index (κ3) is 4.47. The average molecular weight is 237 g/mol. The van der Waals surface area contributed by atoms with Crippen molar-refractivity contribution >= 4 is 0 Å². The van der Waals surface area contributed by atoms with Crippen LogP contribution in [0.2, 0.25) is 0 Å². The van der Waals surface area contributed by atoms with E-state index >= 15 is 0 Å². The number of aryl methyl sites for hydroxylation is 1. The lowest BCUT2D eigenvalue weighted by molar-refractivity contribution is 0.456. The van der Waals surface area contributed by atoms with E-state index in [-0.39, 0.29) is 11.9 Å². The Morgan fingerprint density at radius 2 is 1.94 bits per heavy atom. The van der Waals surface area contributed by atoms with Crippen LogP contribution in [0, 0.1) is 18.7 Å². The van der Waals surface area contributed by atoms with Gasteiger partial charge in [-0.2, -0.15) is 0 Å². The molecule has 1 nitrogen and oxygen atoms in total. The van der Waals surface area contributed by atoms with Crippen molar-refractivity contribution in [1.29, 1.82) is 0 Å². The Morgan fingerprint density at radius 1 is 1.24 bits per heavy atom. The Bertz CT molecular complexity index is 347. The summed E-state index contributed by atoms with van der Waals surface area (Å²) in [6.07, 6.45) is 3.33. The van der Waals surface area contributed by atoms with Gasteiger partial charge in [-0.3, -0.25) is 0 Å². The molecule has 0 aromatic heterocycles. The number of benzene rings is 1. The maximum atomic E-state index is 13.8. The van der Waals surface area contributed by atoms with E-state index in [1.54, 1.807) is 6.07 Å². The molecule has 1 unspecified atom stereocenters. The third-order valence-electron chi connectivity index (χ3n) is 3.15. The van der Waals surface area contributed by atoms with Gasteiger partial charge >= 0.3 is 0 Å². The molecule has 17 heavy (non-hydrogen) atoms. The summed E-state index contributed by atoms with van der Waals surface area (Å²) in [5.74, 6) is 0.620. The topological polar surface area (TPSA) is 12.0 Å². The normalized spacial score (nSPS) is 13.1. The first-order chi connectivity index (χ1) is 8.04. The molecule has 1 atom stereocenters. The minimum Gasteiger partial charge on any atom is -0.313 e. The summed E-state index contributed by atoms with van der Waals surface area (Å²) in [6.45, 7) is 6.45. The largest absolute Gasteiger partial charge is 0.313 e. The lowest BCUT2D eigenvalue weighted by Gasteiger charge is -2.18. The molecule has 1 aromatic rings. The minimum atomic E-state index is -0.0977. The van der Waals surface area contributed by atoms with Crippen molar-refractivity contribution in [1.82, 2.24) is 5.32 Å². The van der Waals surface area contributed by atoms with Crippen molar-refractivity contribution in [2.45, 2.75) is 46.1 Å². The van der Waals surface area contributed by atoms with Gasteiger partial charge in [-0.05, 0) is 32.4 Å². The highest BCUT2D eigenvalue weighted by Crippen LogP contribution is 2.23. The fourth-order valence-electron chi connectivity index (χ4n) is 2.12. The summed E-state index contributed by atoms with van der Waals surface area (Å²) in [5.41, 5.74) is 1.92. The van der Waals surface area contributed by atoms with Crippen LogP contribution >= 0.6 is 0 Å². The van der Waals surface area contributed by atoms with Crippen LogP contribution in [0.5, 0.6) is 0 Å². The lowest BCUT2D eigenvalue weighted by atomic mass is 9.96. The average Bonchev–Trinajstić information content (AvgIpc) is 2.28. The lowest BCUT2D eigenvalue weighted by Crippen LogP contribution is -2.18. The number of hydrogen-bond donors (Lipinski definition) is 1. The predicted octanol–water partition coefficient (Wildman–Crippen LogP) is 4.22. The number of nitrogens with one attached hydrogen (secondary N) is 1. The van der Waals surface area contributed by atoms with Crippen molar-refractivity contribution < 1.29 is 4.39 Å². The van der Waals surface area contributed by atoms with Gasteiger partial charge in [0, 0.05) is 11.6 Å². The summed E-state index contributed by atoms with van der Waals surface area (Å²) in [7, 11) is 1.90. The maximum absolute atomic E-state index is 13.8. The number of rotatable bonds is 6. The van der Waals surface area contributed by atoms with Crippen molar-refractivity contribution in [2.75, 3.05) is 7.05 Å². The highest BCUT2D eigenvalue weighted by atomic mass is 19.1. The summed E-state index contributed by atoms with van der Waals surface area (Å²) in [6, 6.07) is 5.47. The van der Waals surface area contributed by atoms with Gasteiger partial charge in [0.05, 0.1) is 0 Å². The summed E-state index contributed by atoms with van der Waals surface area (Å²) >= 11 is 0. The maximum Gasteiger partial charge on any atom is 0.127 e. The minimum absolute atomic E-state index is 0.0977. The molecule has 0 saturated carbocycles. The first kappa shape index (κ1) is 14.2. The molecule has 0 bridgehead atoms. The van der Waals surface area contributed by atoms with Crippen molar-refractivity contribution in [3.05, 3.63) is 35.1 Å². The monoisotopic (exact) mass is 237 g/mol. The quantitative estimate of drug-likeness (QED) is 0.781. The van der Waals surface area contributed by atoms with Crippen molar-refractivity contribution in [3.63, 3.8) is 0 Å². The Hall–Kier alpha value is -0.890. The van der Waals surface area contributed by atoms with E-state index in [0.29, 0.717) is 0 Å². The van der Waals surface area contributed by atoms with Crippen LogP contribution in [0.15, 0.2) is 18.2 Å². The highest BCUT2D eigenvalue weighted by molar-refractivity contribution is 5.26. The van der Waals surface area contributed by atoms with E-state index in [0.717, 1.165) is 29.9 Å². The second-order valence-corrected chi connectivity index (χ2v) is 5.19. The molecular weight excluding hydrogens is 213 g/mol. The zero-order chi connectivity index (χ0) is 12.8. The van der Waals surface area contributed by atoms with Gasteiger partial charge in [0.1, 0.15) is 5.82 Å². The number of hydrogen-bond acceptors (Lipinski definition) is 1.